The summed E-state index contributed by atoms with van der Waals surface area (Å²) in [5.74, 6) is 1.51. The molecule has 4 nitrogen and oxygen atoms in total. The van der Waals surface area contributed by atoms with Gasteiger partial charge in [-0.25, -0.2) is 0 Å². The summed E-state index contributed by atoms with van der Waals surface area (Å²) in [6.45, 7) is 10.1. The predicted molar refractivity (Wildman–Crippen MR) is 81.3 cm³/mol. The Morgan fingerprint density at radius 2 is 2.05 bits per heavy atom. The van der Waals surface area contributed by atoms with Gasteiger partial charge in [0.2, 0.25) is 0 Å². The number of likely N-dealkylation sites (N-methyl/N-ethyl adjacent to an activating group) is 1. The minimum atomic E-state index is 0.182. The van der Waals surface area contributed by atoms with Gasteiger partial charge in [0.15, 0.2) is 5.96 Å². The number of nitrogens with zero attached hydrogens (tertiary/aromatic N) is 3. The molecule has 0 radical (unpaired) electrons. The monoisotopic (exact) mass is 266 g/mol. The van der Waals surface area contributed by atoms with E-state index in [1.54, 1.807) is 0 Å². The highest BCUT2D eigenvalue weighted by atomic mass is 15.4. The molecule has 1 spiro atoms. The van der Waals surface area contributed by atoms with Crippen molar-refractivity contribution in [3.05, 3.63) is 0 Å². The van der Waals surface area contributed by atoms with Gasteiger partial charge in [0.25, 0.3) is 0 Å². The Morgan fingerprint density at radius 1 is 1.37 bits per heavy atom. The van der Waals surface area contributed by atoms with Crippen LogP contribution in [0, 0.1) is 11.3 Å². The highest BCUT2D eigenvalue weighted by Gasteiger charge is 2.49. The SMILES string of the molecule is CC1CC(C)(C)CC2(CN=C(N)N2CCN(C)C)C1. The minimum absolute atomic E-state index is 0.182. The zero-order chi connectivity index (χ0) is 14.3. The molecule has 0 saturated heterocycles. The van der Waals surface area contributed by atoms with Crippen LogP contribution in [0.3, 0.4) is 0 Å². The van der Waals surface area contributed by atoms with Crippen LogP contribution in [0.25, 0.3) is 0 Å². The Hall–Kier alpha value is -0.770. The van der Waals surface area contributed by atoms with Gasteiger partial charge >= 0.3 is 0 Å². The van der Waals surface area contributed by atoms with Gasteiger partial charge in [0, 0.05) is 13.1 Å². The third-order valence-corrected chi connectivity index (χ3v) is 4.59. The van der Waals surface area contributed by atoms with Crippen LogP contribution >= 0.6 is 0 Å². The van der Waals surface area contributed by atoms with Gasteiger partial charge in [-0.3, -0.25) is 4.99 Å². The highest BCUT2D eigenvalue weighted by molar-refractivity contribution is 5.81. The average molecular weight is 266 g/mol. The first-order chi connectivity index (χ1) is 8.74. The first kappa shape index (κ1) is 14.6. The topological polar surface area (TPSA) is 44.9 Å². The molecule has 1 aliphatic carbocycles. The maximum absolute atomic E-state index is 6.16. The van der Waals surface area contributed by atoms with Crippen molar-refractivity contribution in [2.45, 2.75) is 45.6 Å². The van der Waals surface area contributed by atoms with Gasteiger partial charge in [0.05, 0.1) is 12.1 Å². The van der Waals surface area contributed by atoms with Gasteiger partial charge in [-0.05, 0) is 44.7 Å². The standard InChI is InChI=1S/C15H30N4/c1-12-8-14(2,3)10-15(9-12)11-17-13(16)19(15)7-6-18(4)5/h12H,6-11H2,1-5H3,(H2,16,17). The molecule has 2 unspecified atom stereocenters. The van der Waals surface area contributed by atoms with E-state index in [4.69, 9.17) is 5.73 Å². The van der Waals surface area contributed by atoms with Crippen molar-refractivity contribution in [2.75, 3.05) is 33.7 Å². The van der Waals surface area contributed by atoms with Crippen LogP contribution in [-0.2, 0) is 0 Å². The first-order valence-electron chi connectivity index (χ1n) is 7.46. The summed E-state index contributed by atoms with van der Waals surface area (Å²) < 4.78 is 0. The molecule has 1 saturated carbocycles. The van der Waals surface area contributed by atoms with Crippen LogP contribution in [0.5, 0.6) is 0 Å². The molecule has 2 N–H and O–H groups in total. The summed E-state index contributed by atoms with van der Waals surface area (Å²) >= 11 is 0. The van der Waals surface area contributed by atoms with E-state index in [2.05, 4.69) is 49.7 Å². The molecule has 0 aromatic carbocycles. The molecule has 2 atom stereocenters. The number of rotatable bonds is 3. The molecule has 19 heavy (non-hydrogen) atoms. The van der Waals surface area contributed by atoms with Crippen molar-refractivity contribution in [3.8, 4) is 0 Å². The number of hydrogen-bond donors (Lipinski definition) is 1. The summed E-state index contributed by atoms with van der Waals surface area (Å²) in [6.07, 6.45) is 3.76. The molecule has 1 heterocycles. The van der Waals surface area contributed by atoms with Gasteiger partial charge in [0.1, 0.15) is 0 Å². The summed E-state index contributed by atoms with van der Waals surface area (Å²) in [5, 5.41) is 0. The normalized spacial score (nSPS) is 34.1. The molecule has 110 valence electrons. The number of aliphatic imine (C=N–C) groups is 1. The second kappa shape index (κ2) is 4.97. The molecule has 0 aromatic rings. The zero-order valence-electron chi connectivity index (χ0n) is 13.2. The van der Waals surface area contributed by atoms with E-state index < -0.39 is 0 Å². The van der Waals surface area contributed by atoms with Crippen molar-refractivity contribution in [1.29, 1.82) is 0 Å². The Balaban J connectivity index is 2.16. The molecular weight excluding hydrogens is 236 g/mol. The van der Waals surface area contributed by atoms with Gasteiger partial charge < -0.3 is 15.5 Å². The van der Waals surface area contributed by atoms with Crippen LogP contribution in [0.4, 0.5) is 0 Å². The van der Waals surface area contributed by atoms with Crippen molar-refractivity contribution in [3.63, 3.8) is 0 Å². The van der Waals surface area contributed by atoms with E-state index in [-0.39, 0.29) is 5.54 Å². The highest BCUT2D eigenvalue weighted by Crippen LogP contribution is 2.48. The molecule has 0 bridgehead atoms. The lowest BCUT2D eigenvalue weighted by Gasteiger charge is -2.50. The molecular formula is C15H30N4. The zero-order valence-corrected chi connectivity index (χ0v) is 13.2. The number of nitrogens with two attached hydrogens (primary N) is 1. The quantitative estimate of drug-likeness (QED) is 0.846. The summed E-state index contributed by atoms with van der Waals surface area (Å²) in [7, 11) is 4.23. The fraction of sp³-hybridized carbons (Fsp3) is 0.933. The molecule has 1 aliphatic heterocycles. The van der Waals surface area contributed by atoms with E-state index in [9.17, 15) is 0 Å². The average Bonchev–Trinajstić information content (AvgIpc) is 2.49. The van der Waals surface area contributed by atoms with Gasteiger partial charge in [-0.2, -0.15) is 0 Å². The smallest absolute Gasteiger partial charge is 0.191 e. The van der Waals surface area contributed by atoms with Crippen molar-refractivity contribution < 1.29 is 0 Å². The van der Waals surface area contributed by atoms with E-state index >= 15 is 0 Å². The molecule has 0 aromatic heterocycles. The number of hydrogen-bond acceptors (Lipinski definition) is 4. The Bertz CT molecular complexity index is 361. The molecule has 2 rings (SSSR count). The van der Waals surface area contributed by atoms with E-state index in [0.717, 1.165) is 31.5 Å². The number of guanidine groups is 1. The maximum atomic E-state index is 6.16. The minimum Gasteiger partial charge on any atom is -0.370 e. The largest absolute Gasteiger partial charge is 0.370 e. The lowest BCUT2D eigenvalue weighted by Crippen LogP contribution is -2.58. The van der Waals surface area contributed by atoms with Crippen LogP contribution in [-0.4, -0.2) is 55.0 Å². The van der Waals surface area contributed by atoms with Crippen LogP contribution in [0.15, 0.2) is 4.99 Å². The molecule has 0 amide bonds. The molecule has 4 heteroatoms. The first-order valence-corrected chi connectivity index (χ1v) is 7.46. The summed E-state index contributed by atoms with van der Waals surface area (Å²) in [5.41, 5.74) is 6.74. The lowest BCUT2D eigenvalue weighted by molar-refractivity contribution is 0.0356. The third kappa shape index (κ3) is 3.04. The fourth-order valence-electron chi connectivity index (χ4n) is 4.32. The summed E-state index contributed by atoms with van der Waals surface area (Å²) in [6, 6.07) is 0. The third-order valence-electron chi connectivity index (χ3n) is 4.59. The van der Waals surface area contributed by atoms with Crippen LogP contribution in [0.2, 0.25) is 0 Å². The molecule has 1 fully saturated rings. The summed E-state index contributed by atoms with van der Waals surface area (Å²) in [4.78, 5) is 9.19. The Kier molecular flexibility index (Phi) is 3.83. The van der Waals surface area contributed by atoms with Gasteiger partial charge in [-0.1, -0.05) is 20.8 Å². The molecule has 2 aliphatic rings. The van der Waals surface area contributed by atoms with E-state index in [1.807, 2.05) is 0 Å². The van der Waals surface area contributed by atoms with Crippen molar-refractivity contribution in [2.24, 2.45) is 22.1 Å². The van der Waals surface area contributed by atoms with E-state index in [1.165, 1.54) is 19.3 Å². The second-order valence-corrected chi connectivity index (χ2v) is 7.71. The Labute approximate surface area is 118 Å². The van der Waals surface area contributed by atoms with Gasteiger partial charge in [-0.15, -0.1) is 0 Å². The fourth-order valence-corrected chi connectivity index (χ4v) is 4.32. The second-order valence-electron chi connectivity index (χ2n) is 7.71. The van der Waals surface area contributed by atoms with Crippen molar-refractivity contribution in [1.82, 2.24) is 9.80 Å². The predicted octanol–water partition coefficient (Wildman–Crippen LogP) is 1.76. The van der Waals surface area contributed by atoms with Crippen LogP contribution < -0.4 is 5.73 Å². The van der Waals surface area contributed by atoms with Crippen LogP contribution in [0.1, 0.15) is 40.0 Å². The van der Waals surface area contributed by atoms with Crippen molar-refractivity contribution >= 4 is 5.96 Å². The Morgan fingerprint density at radius 3 is 2.63 bits per heavy atom. The lowest BCUT2D eigenvalue weighted by atomic mass is 9.64. The maximum Gasteiger partial charge on any atom is 0.191 e. The van der Waals surface area contributed by atoms with E-state index in [0.29, 0.717) is 5.41 Å².